The zero-order chi connectivity index (χ0) is 16.8. The molecular formula is C17H24N2O5. The third-order valence-electron chi connectivity index (χ3n) is 4.30. The summed E-state index contributed by atoms with van der Waals surface area (Å²) < 4.78 is 21.7. The number of rotatable bonds is 7. The summed E-state index contributed by atoms with van der Waals surface area (Å²) in [6.45, 7) is 1.92. The standard InChI is InChI=1S/C17H24N2O5/c1-21-16-5-4-12(9-18-16)17-14(6-8-24-17)19-15(20)11-22-10-13-3-2-7-23-13/h4-5,9,13-14,17H,2-3,6-8,10-11H2,1H3,(H,19,20)/t13?,14-,17+/m0/s1. The topological polar surface area (TPSA) is 78.9 Å². The van der Waals surface area contributed by atoms with Gasteiger partial charge in [0, 0.05) is 31.0 Å². The minimum atomic E-state index is -0.189. The average Bonchev–Trinajstić information content (AvgIpc) is 3.27. The van der Waals surface area contributed by atoms with Crippen LogP contribution in [0, 0.1) is 0 Å². The number of carbonyl (C=O) groups excluding carboxylic acids is 1. The Morgan fingerprint density at radius 1 is 1.33 bits per heavy atom. The fourth-order valence-corrected chi connectivity index (χ4v) is 3.05. The van der Waals surface area contributed by atoms with Crippen molar-refractivity contribution in [2.75, 3.05) is 33.5 Å². The summed E-state index contributed by atoms with van der Waals surface area (Å²) in [5.41, 5.74) is 0.930. The molecule has 2 saturated heterocycles. The van der Waals surface area contributed by atoms with Gasteiger partial charge in [-0.05, 0) is 25.3 Å². The van der Waals surface area contributed by atoms with E-state index in [1.165, 1.54) is 0 Å². The Kier molecular flexibility index (Phi) is 6.01. The highest BCUT2D eigenvalue weighted by atomic mass is 16.5. The maximum absolute atomic E-state index is 12.1. The highest BCUT2D eigenvalue weighted by Gasteiger charge is 2.31. The molecule has 2 aliphatic heterocycles. The molecule has 1 amide bonds. The Labute approximate surface area is 141 Å². The van der Waals surface area contributed by atoms with Gasteiger partial charge in [-0.1, -0.05) is 0 Å². The number of hydrogen-bond donors (Lipinski definition) is 1. The lowest BCUT2D eigenvalue weighted by Crippen LogP contribution is -2.39. The summed E-state index contributed by atoms with van der Waals surface area (Å²) in [5.74, 6) is 0.426. The van der Waals surface area contributed by atoms with Crippen molar-refractivity contribution < 1.29 is 23.7 Å². The molecule has 1 N–H and O–H groups in total. The van der Waals surface area contributed by atoms with Crippen LogP contribution in [0.25, 0.3) is 0 Å². The van der Waals surface area contributed by atoms with Crippen molar-refractivity contribution in [3.8, 4) is 5.88 Å². The fraction of sp³-hybridized carbons (Fsp3) is 0.647. The largest absolute Gasteiger partial charge is 0.481 e. The van der Waals surface area contributed by atoms with E-state index in [-0.39, 0.29) is 30.8 Å². The Morgan fingerprint density at radius 3 is 2.96 bits per heavy atom. The van der Waals surface area contributed by atoms with Crippen LogP contribution in [0.15, 0.2) is 18.3 Å². The molecule has 24 heavy (non-hydrogen) atoms. The molecule has 7 nitrogen and oxygen atoms in total. The first kappa shape index (κ1) is 17.1. The third-order valence-corrected chi connectivity index (χ3v) is 4.30. The van der Waals surface area contributed by atoms with Crippen molar-refractivity contribution in [3.05, 3.63) is 23.9 Å². The smallest absolute Gasteiger partial charge is 0.246 e. The quantitative estimate of drug-likeness (QED) is 0.807. The number of methoxy groups -OCH3 is 1. The van der Waals surface area contributed by atoms with Crippen molar-refractivity contribution in [3.63, 3.8) is 0 Å². The molecule has 0 aliphatic carbocycles. The Morgan fingerprint density at radius 2 is 2.25 bits per heavy atom. The van der Waals surface area contributed by atoms with Gasteiger partial charge in [-0.2, -0.15) is 0 Å². The predicted octanol–water partition coefficient (Wildman–Crippen LogP) is 1.23. The van der Waals surface area contributed by atoms with E-state index < -0.39 is 0 Å². The van der Waals surface area contributed by atoms with Gasteiger partial charge in [-0.3, -0.25) is 4.79 Å². The molecule has 7 heteroatoms. The highest BCUT2D eigenvalue weighted by molar-refractivity contribution is 5.77. The van der Waals surface area contributed by atoms with E-state index >= 15 is 0 Å². The predicted molar refractivity (Wildman–Crippen MR) is 85.8 cm³/mol. The number of carbonyl (C=O) groups is 1. The summed E-state index contributed by atoms with van der Waals surface area (Å²) in [4.78, 5) is 16.3. The molecule has 3 atom stereocenters. The first-order valence-corrected chi connectivity index (χ1v) is 8.36. The molecule has 0 aromatic carbocycles. The number of pyridine rings is 1. The Bertz CT molecular complexity index is 530. The van der Waals surface area contributed by atoms with E-state index in [9.17, 15) is 4.79 Å². The van der Waals surface area contributed by atoms with Crippen molar-refractivity contribution in [2.24, 2.45) is 0 Å². The third kappa shape index (κ3) is 4.43. The summed E-state index contributed by atoms with van der Waals surface area (Å²) in [7, 11) is 1.58. The van der Waals surface area contributed by atoms with E-state index in [0.29, 0.717) is 19.1 Å². The van der Waals surface area contributed by atoms with Crippen LogP contribution in [-0.2, 0) is 19.0 Å². The van der Waals surface area contributed by atoms with Gasteiger partial charge in [0.05, 0.1) is 25.9 Å². The number of nitrogens with zero attached hydrogens (tertiary/aromatic N) is 1. The van der Waals surface area contributed by atoms with Crippen LogP contribution < -0.4 is 10.1 Å². The first-order valence-electron chi connectivity index (χ1n) is 8.36. The van der Waals surface area contributed by atoms with Crippen molar-refractivity contribution >= 4 is 5.91 Å². The first-order chi connectivity index (χ1) is 11.8. The van der Waals surface area contributed by atoms with Crippen LogP contribution in [-0.4, -0.2) is 56.6 Å². The van der Waals surface area contributed by atoms with E-state index in [0.717, 1.165) is 31.4 Å². The molecule has 1 unspecified atom stereocenters. The number of nitrogens with one attached hydrogen (secondary N) is 1. The molecule has 0 saturated carbocycles. The van der Waals surface area contributed by atoms with E-state index in [1.807, 2.05) is 6.07 Å². The maximum Gasteiger partial charge on any atom is 0.246 e. The van der Waals surface area contributed by atoms with Gasteiger partial charge < -0.3 is 24.3 Å². The van der Waals surface area contributed by atoms with E-state index in [4.69, 9.17) is 18.9 Å². The molecule has 0 spiro atoms. The Hall–Kier alpha value is -1.70. The second-order valence-corrected chi connectivity index (χ2v) is 6.04. The van der Waals surface area contributed by atoms with Gasteiger partial charge in [0.1, 0.15) is 12.7 Å². The molecule has 2 fully saturated rings. The van der Waals surface area contributed by atoms with Crippen LogP contribution in [0.3, 0.4) is 0 Å². The SMILES string of the molecule is COc1ccc([C@H]2OCC[C@@H]2NC(=O)COCC2CCCO2)cn1. The minimum Gasteiger partial charge on any atom is -0.481 e. The lowest BCUT2D eigenvalue weighted by Gasteiger charge is -2.20. The number of ether oxygens (including phenoxy) is 4. The van der Waals surface area contributed by atoms with Gasteiger partial charge in [0.25, 0.3) is 0 Å². The fourth-order valence-electron chi connectivity index (χ4n) is 3.05. The normalized spacial score (nSPS) is 26.5. The van der Waals surface area contributed by atoms with Gasteiger partial charge in [0.2, 0.25) is 11.8 Å². The molecule has 3 rings (SSSR count). The van der Waals surface area contributed by atoms with Crippen LogP contribution >= 0.6 is 0 Å². The van der Waals surface area contributed by atoms with Gasteiger partial charge in [-0.25, -0.2) is 4.98 Å². The summed E-state index contributed by atoms with van der Waals surface area (Å²) in [6.07, 6.45) is 4.51. The lowest BCUT2D eigenvalue weighted by molar-refractivity contribution is -0.128. The molecule has 132 valence electrons. The van der Waals surface area contributed by atoms with Crippen LogP contribution in [0.5, 0.6) is 5.88 Å². The monoisotopic (exact) mass is 336 g/mol. The van der Waals surface area contributed by atoms with Gasteiger partial charge in [-0.15, -0.1) is 0 Å². The Balaban J connectivity index is 1.46. The average molecular weight is 336 g/mol. The molecule has 1 aromatic heterocycles. The van der Waals surface area contributed by atoms with Crippen LogP contribution in [0.1, 0.15) is 30.9 Å². The molecule has 3 heterocycles. The van der Waals surface area contributed by atoms with Crippen molar-refractivity contribution in [1.29, 1.82) is 0 Å². The lowest BCUT2D eigenvalue weighted by atomic mass is 10.0. The second-order valence-electron chi connectivity index (χ2n) is 6.04. The maximum atomic E-state index is 12.1. The van der Waals surface area contributed by atoms with Crippen molar-refractivity contribution in [1.82, 2.24) is 10.3 Å². The molecular weight excluding hydrogens is 312 g/mol. The number of amides is 1. The molecule has 1 aromatic rings. The zero-order valence-corrected chi connectivity index (χ0v) is 13.9. The minimum absolute atomic E-state index is 0.0456. The summed E-state index contributed by atoms with van der Waals surface area (Å²) >= 11 is 0. The molecule has 2 aliphatic rings. The second kappa shape index (κ2) is 8.41. The molecule has 0 radical (unpaired) electrons. The summed E-state index contributed by atoms with van der Waals surface area (Å²) in [6, 6.07) is 3.63. The van der Waals surface area contributed by atoms with Crippen LogP contribution in [0.2, 0.25) is 0 Å². The highest BCUT2D eigenvalue weighted by Crippen LogP contribution is 2.29. The summed E-state index contributed by atoms with van der Waals surface area (Å²) in [5, 5.41) is 2.99. The van der Waals surface area contributed by atoms with Crippen molar-refractivity contribution in [2.45, 2.75) is 37.5 Å². The molecule has 0 bridgehead atoms. The number of aromatic nitrogens is 1. The van der Waals surface area contributed by atoms with Gasteiger partial charge in [0.15, 0.2) is 0 Å². The van der Waals surface area contributed by atoms with Gasteiger partial charge >= 0.3 is 0 Å². The van der Waals surface area contributed by atoms with E-state index in [2.05, 4.69) is 10.3 Å². The van der Waals surface area contributed by atoms with Crippen LogP contribution in [0.4, 0.5) is 0 Å². The number of hydrogen-bond acceptors (Lipinski definition) is 6. The zero-order valence-electron chi connectivity index (χ0n) is 13.9. The van der Waals surface area contributed by atoms with E-state index in [1.54, 1.807) is 19.4 Å².